The van der Waals surface area contributed by atoms with E-state index in [0.29, 0.717) is 6.61 Å². The Kier molecular flexibility index (Phi) is 7.06. The van der Waals surface area contributed by atoms with E-state index >= 15 is 0 Å². The number of guanidine groups is 1. The molecule has 5 nitrogen and oxygen atoms in total. The number of thiazole rings is 1. The Labute approximate surface area is 148 Å². The van der Waals surface area contributed by atoms with E-state index < -0.39 is 0 Å². The summed E-state index contributed by atoms with van der Waals surface area (Å²) in [5.41, 5.74) is 2.32. The molecule has 6 heteroatoms. The molecular weight excluding hydrogens is 320 g/mol. The van der Waals surface area contributed by atoms with E-state index in [1.54, 1.807) is 18.4 Å². The Hall–Kier alpha value is -2.08. The van der Waals surface area contributed by atoms with Crippen molar-refractivity contribution in [3.05, 3.63) is 45.9 Å². The Morgan fingerprint density at radius 1 is 1.29 bits per heavy atom. The third-order valence-electron chi connectivity index (χ3n) is 3.53. The second-order valence-electron chi connectivity index (χ2n) is 5.70. The summed E-state index contributed by atoms with van der Waals surface area (Å²) >= 11 is 1.67. The molecule has 1 aromatic heterocycles. The van der Waals surface area contributed by atoms with Crippen molar-refractivity contribution in [2.24, 2.45) is 4.99 Å². The maximum atomic E-state index is 5.73. The molecule has 0 amide bonds. The first-order valence-electron chi connectivity index (χ1n) is 8.10. The Bertz CT molecular complexity index is 651. The van der Waals surface area contributed by atoms with Gasteiger partial charge in [0, 0.05) is 26.0 Å². The molecule has 2 rings (SSSR count). The molecular formula is C18H26N4OS. The second kappa shape index (κ2) is 9.27. The molecule has 1 heterocycles. The minimum Gasteiger partial charge on any atom is -0.494 e. The van der Waals surface area contributed by atoms with E-state index in [1.165, 1.54) is 5.56 Å². The number of nitrogens with zero attached hydrogens (tertiary/aromatic N) is 3. The molecule has 0 radical (unpaired) electrons. The van der Waals surface area contributed by atoms with Crippen LogP contribution in [0.15, 0.2) is 34.6 Å². The topological polar surface area (TPSA) is 49.8 Å². The number of hydrogen-bond acceptors (Lipinski definition) is 4. The van der Waals surface area contributed by atoms with Gasteiger partial charge in [0.15, 0.2) is 5.96 Å². The molecule has 0 aliphatic rings. The van der Waals surface area contributed by atoms with Crippen LogP contribution in [0.2, 0.25) is 0 Å². The predicted octanol–water partition coefficient (Wildman–Crippen LogP) is 3.24. The van der Waals surface area contributed by atoms with Gasteiger partial charge in [0.25, 0.3) is 0 Å². The number of aliphatic imine (C=N–C) groups is 1. The molecule has 1 N–H and O–H groups in total. The summed E-state index contributed by atoms with van der Waals surface area (Å²) in [6.45, 7) is 6.35. The summed E-state index contributed by atoms with van der Waals surface area (Å²) in [7, 11) is 3.82. The lowest BCUT2D eigenvalue weighted by molar-refractivity contribution is 0.310. The van der Waals surface area contributed by atoms with Gasteiger partial charge < -0.3 is 15.0 Å². The zero-order valence-electron chi connectivity index (χ0n) is 14.9. The third kappa shape index (κ3) is 5.85. The molecule has 0 bridgehead atoms. The van der Waals surface area contributed by atoms with Crippen molar-refractivity contribution in [2.75, 3.05) is 27.2 Å². The fraction of sp³-hybridized carbons (Fsp3) is 0.444. The van der Waals surface area contributed by atoms with E-state index in [-0.39, 0.29) is 0 Å². The van der Waals surface area contributed by atoms with E-state index in [4.69, 9.17) is 4.74 Å². The maximum absolute atomic E-state index is 5.73. The van der Waals surface area contributed by atoms with Gasteiger partial charge in [0.1, 0.15) is 5.75 Å². The first-order chi connectivity index (χ1) is 11.6. The standard InChI is InChI=1S/C18H26N4OS/c1-14-6-8-17(9-7-14)23-11-5-10-20-18(19-3)22(4)12-16-13-24-15(2)21-16/h6-9,13H,5,10-12H2,1-4H3,(H,19,20). The van der Waals surface area contributed by atoms with Crippen molar-refractivity contribution in [1.82, 2.24) is 15.2 Å². The zero-order valence-corrected chi connectivity index (χ0v) is 15.7. The van der Waals surface area contributed by atoms with Crippen LogP contribution in [0.5, 0.6) is 5.75 Å². The highest BCUT2D eigenvalue weighted by atomic mass is 32.1. The van der Waals surface area contributed by atoms with Gasteiger partial charge in [0.2, 0.25) is 0 Å². The first kappa shape index (κ1) is 18.3. The summed E-state index contributed by atoms with van der Waals surface area (Å²) in [6, 6.07) is 8.13. The molecule has 0 fully saturated rings. The number of ether oxygens (including phenoxy) is 1. The predicted molar refractivity (Wildman–Crippen MR) is 101 cm³/mol. The molecule has 130 valence electrons. The highest BCUT2D eigenvalue weighted by Crippen LogP contribution is 2.11. The highest BCUT2D eigenvalue weighted by Gasteiger charge is 2.08. The average Bonchev–Trinajstić information content (AvgIpc) is 2.97. The van der Waals surface area contributed by atoms with Crippen LogP contribution in [-0.2, 0) is 6.54 Å². The number of benzene rings is 1. The maximum Gasteiger partial charge on any atom is 0.193 e. The number of rotatable bonds is 7. The molecule has 0 saturated heterocycles. The fourth-order valence-electron chi connectivity index (χ4n) is 2.28. The lowest BCUT2D eigenvalue weighted by Gasteiger charge is -2.21. The monoisotopic (exact) mass is 346 g/mol. The largest absolute Gasteiger partial charge is 0.494 e. The number of aryl methyl sites for hydroxylation is 2. The van der Waals surface area contributed by atoms with E-state index in [9.17, 15) is 0 Å². The minimum atomic E-state index is 0.683. The molecule has 0 atom stereocenters. The van der Waals surface area contributed by atoms with Gasteiger partial charge in [-0.15, -0.1) is 11.3 Å². The van der Waals surface area contributed by atoms with Crippen molar-refractivity contribution in [2.45, 2.75) is 26.8 Å². The molecule has 0 aliphatic heterocycles. The number of nitrogens with one attached hydrogen (secondary N) is 1. The molecule has 0 spiro atoms. The van der Waals surface area contributed by atoms with Crippen LogP contribution in [0, 0.1) is 13.8 Å². The van der Waals surface area contributed by atoms with Crippen LogP contribution in [-0.4, -0.2) is 43.1 Å². The Morgan fingerprint density at radius 2 is 2.04 bits per heavy atom. The van der Waals surface area contributed by atoms with Crippen LogP contribution >= 0.6 is 11.3 Å². The van der Waals surface area contributed by atoms with Crippen LogP contribution in [0.1, 0.15) is 22.7 Å². The third-order valence-corrected chi connectivity index (χ3v) is 4.36. The minimum absolute atomic E-state index is 0.683. The molecule has 0 saturated carbocycles. The van der Waals surface area contributed by atoms with Gasteiger partial charge in [-0.1, -0.05) is 17.7 Å². The van der Waals surface area contributed by atoms with Crippen LogP contribution in [0.3, 0.4) is 0 Å². The van der Waals surface area contributed by atoms with Gasteiger partial charge in [-0.05, 0) is 32.4 Å². The van der Waals surface area contributed by atoms with Crippen molar-refractivity contribution >= 4 is 17.3 Å². The zero-order chi connectivity index (χ0) is 17.4. The lowest BCUT2D eigenvalue weighted by atomic mass is 10.2. The number of hydrogen-bond donors (Lipinski definition) is 1. The van der Waals surface area contributed by atoms with Gasteiger partial charge in [0.05, 0.1) is 23.9 Å². The van der Waals surface area contributed by atoms with E-state index in [0.717, 1.165) is 41.9 Å². The highest BCUT2D eigenvalue weighted by molar-refractivity contribution is 7.09. The van der Waals surface area contributed by atoms with Gasteiger partial charge >= 0.3 is 0 Å². The summed E-state index contributed by atoms with van der Waals surface area (Å²) in [5.74, 6) is 1.79. The first-order valence-corrected chi connectivity index (χ1v) is 8.98. The molecule has 2 aromatic rings. The molecule has 0 aliphatic carbocycles. The number of aromatic nitrogens is 1. The quantitative estimate of drug-likeness (QED) is 0.475. The van der Waals surface area contributed by atoms with Crippen molar-refractivity contribution < 1.29 is 4.74 Å². The summed E-state index contributed by atoms with van der Waals surface area (Å²) in [6.07, 6.45) is 0.913. The SMILES string of the molecule is CN=C(NCCCOc1ccc(C)cc1)N(C)Cc1csc(C)n1. The van der Waals surface area contributed by atoms with E-state index in [1.807, 2.05) is 26.1 Å². The smallest absolute Gasteiger partial charge is 0.193 e. The lowest BCUT2D eigenvalue weighted by Crippen LogP contribution is -2.39. The fourth-order valence-corrected chi connectivity index (χ4v) is 2.88. The van der Waals surface area contributed by atoms with Crippen LogP contribution < -0.4 is 10.1 Å². The Morgan fingerprint density at radius 3 is 2.67 bits per heavy atom. The normalized spacial score (nSPS) is 11.4. The van der Waals surface area contributed by atoms with Gasteiger partial charge in [-0.2, -0.15) is 0 Å². The van der Waals surface area contributed by atoms with Crippen molar-refractivity contribution in [1.29, 1.82) is 0 Å². The van der Waals surface area contributed by atoms with Gasteiger partial charge in [-0.25, -0.2) is 4.98 Å². The average molecular weight is 347 g/mol. The summed E-state index contributed by atoms with van der Waals surface area (Å²) < 4.78 is 5.73. The van der Waals surface area contributed by atoms with E-state index in [2.05, 4.69) is 44.6 Å². The van der Waals surface area contributed by atoms with Crippen LogP contribution in [0.4, 0.5) is 0 Å². The summed E-state index contributed by atoms with van der Waals surface area (Å²) in [4.78, 5) is 10.9. The van der Waals surface area contributed by atoms with Crippen molar-refractivity contribution in [3.63, 3.8) is 0 Å². The van der Waals surface area contributed by atoms with Gasteiger partial charge in [-0.3, -0.25) is 4.99 Å². The van der Waals surface area contributed by atoms with Crippen LogP contribution in [0.25, 0.3) is 0 Å². The van der Waals surface area contributed by atoms with Crippen molar-refractivity contribution in [3.8, 4) is 5.75 Å². The molecule has 1 aromatic carbocycles. The second-order valence-corrected chi connectivity index (χ2v) is 6.77. The molecule has 24 heavy (non-hydrogen) atoms. The molecule has 0 unspecified atom stereocenters. The summed E-state index contributed by atoms with van der Waals surface area (Å²) in [5, 5.41) is 6.55. The Balaban J connectivity index is 1.68.